The molecule has 3 aromatic rings. The maximum atomic E-state index is 4.58. The topological polar surface area (TPSA) is 43.1 Å². The highest BCUT2D eigenvalue weighted by Gasteiger charge is 2.09. The average Bonchev–Trinajstić information content (AvgIpc) is 3.08. The Bertz CT molecular complexity index is 731. The minimum Gasteiger partial charge on any atom is -0.186 e. The third kappa shape index (κ3) is 3.51. The van der Waals surface area contributed by atoms with Gasteiger partial charge < -0.3 is 0 Å². The van der Waals surface area contributed by atoms with Gasteiger partial charge in [-0.25, -0.2) is 0 Å². The first-order valence-corrected chi connectivity index (χ1v) is 8.86. The number of nitrogens with zero attached hydrogens (tertiary/aromatic N) is 4. The summed E-state index contributed by atoms with van der Waals surface area (Å²) >= 11 is 3.43. The molecule has 108 valence electrons. The standard InChI is InChI=1S/C15H16N4S2/c1-2-10-20-11-13-16-17-15-19(13)18-14(21-15)9-8-12-6-4-3-5-7-12/h3-9H,2,10-11H2,1H3. The monoisotopic (exact) mass is 316 g/mol. The summed E-state index contributed by atoms with van der Waals surface area (Å²) in [6, 6.07) is 10.2. The summed E-state index contributed by atoms with van der Waals surface area (Å²) in [5.74, 6) is 2.93. The van der Waals surface area contributed by atoms with Gasteiger partial charge in [-0.15, -0.1) is 10.2 Å². The van der Waals surface area contributed by atoms with Crippen molar-refractivity contribution in [3.05, 3.63) is 46.7 Å². The molecule has 4 nitrogen and oxygen atoms in total. The van der Waals surface area contributed by atoms with E-state index in [1.807, 2.05) is 40.6 Å². The molecule has 0 unspecified atom stereocenters. The van der Waals surface area contributed by atoms with Gasteiger partial charge in [0.25, 0.3) is 0 Å². The minimum absolute atomic E-state index is 0.856. The first-order valence-electron chi connectivity index (χ1n) is 6.89. The number of hydrogen-bond donors (Lipinski definition) is 0. The lowest BCUT2D eigenvalue weighted by atomic mass is 10.2. The van der Waals surface area contributed by atoms with Gasteiger partial charge in [0.15, 0.2) is 5.82 Å². The second-order valence-corrected chi connectivity index (χ2v) is 6.64. The zero-order valence-corrected chi connectivity index (χ0v) is 13.4. The van der Waals surface area contributed by atoms with Gasteiger partial charge in [0, 0.05) is 0 Å². The summed E-state index contributed by atoms with van der Waals surface area (Å²) in [5.41, 5.74) is 1.17. The van der Waals surface area contributed by atoms with Crippen molar-refractivity contribution in [2.45, 2.75) is 19.1 Å². The van der Waals surface area contributed by atoms with Crippen molar-refractivity contribution in [2.24, 2.45) is 0 Å². The van der Waals surface area contributed by atoms with Crippen LogP contribution in [0.4, 0.5) is 0 Å². The SMILES string of the molecule is CCCSCc1nnc2sc(C=Cc3ccccc3)nn12. The average molecular weight is 316 g/mol. The number of thioether (sulfide) groups is 1. The Balaban J connectivity index is 1.77. The van der Waals surface area contributed by atoms with Crippen molar-refractivity contribution in [3.8, 4) is 0 Å². The summed E-state index contributed by atoms with van der Waals surface area (Å²) in [7, 11) is 0. The van der Waals surface area contributed by atoms with E-state index in [0.717, 1.165) is 27.3 Å². The van der Waals surface area contributed by atoms with Crippen molar-refractivity contribution in [1.29, 1.82) is 0 Å². The van der Waals surface area contributed by atoms with Gasteiger partial charge in [0.1, 0.15) is 5.01 Å². The smallest absolute Gasteiger partial charge is 0.186 e. The largest absolute Gasteiger partial charge is 0.234 e. The number of fused-ring (bicyclic) bond motifs is 1. The van der Waals surface area contributed by atoms with Crippen molar-refractivity contribution in [3.63, 3.8) is 0 Å². The molecule has 0 aliphatic rings. The lowest BCUT2D eigenvalue weighted by Crippen LogP contribution is -1.94. The highest BCUT2D eigenvalue weighted by atomic mass is 32.2. The number of hydrogen-bond acceptors (Lipinski definition) is 5. The van der Waals surface area contributed by atoms with Crippen LogP contribution in [0.15, 0.2) is 30.3 Å². The number of rotatable bonds is 6. The molecule has 0 amide bonds. The van der Waals surface area contributed by atoms with Crippen LogP contribution in [0.1, 0.15) is 29.7 Å². The molecule has 6 heteroatoms. The molecule has 21 heavy (non-hydrogen) atoms. The first kappa shape index (κ1) is 14.3. The van der Waals surface area contributed by atoms with Gasteiger partial charge >= 0.3 is 0 Å². The molecule has 0 fully saturated rings. The molecule has 0 saturated heterocycles. The van der Waals surface area contributed by atoms with Crippen molar-refractivity contribution in [1.82, 2.24) is 19.8 Å². The van der Waals surface area contributed by atoms with Gasteiger partial charge in [-0.05, 0) is 23.8 Å². The normalized spacial score (nSPS) is 11.7. The fraction of sp³-hybridized carbons (Fsp3) is 0.267. The summed E-state index contributed by atoms with van der Waals surface area (Å²) in [5, 5.41) is 13.9. The van der Waals surface area contributed by atoms with Crippen LogP contribution in [-0.2, 0) is 5.75 Å². The maximum Gasteiger partial charge on any atom is 0.234 e. The van der Waals surface area contributed by atoms with E-state index in [0.29, 0.717) is 0 Å². The first-order chi connectivity index (χ1) is 10.4. The molecule has 2 aromatic heterocycles. The molecule has 2 heterocycles. The Morgan fingerprint density at radius 2 is 2.05 bits per heavy atom. The second-order valence-electron chi connectivity index (χ2n) is 4.55. The fourth-order valence-corrected chi connectivity index (χ4v) is 3.42. The van der Waals surface area contributed by atoms with Gasteiger partial charge in [-0.2, -0.15) is 21.4 Å². The van der Waals surface area contributed by atoms with Gasteiger partial charge in [0.2, 0.25) is 4.96 Å². The van der Waals surface area contributed by atoms with Crippen LogP contribution < -0.4 is 0 Å². The second kappa shape index (κ2) is 6.87. The quantitative estimate of drug-likeness (QED) is 0.645. The highest BCUT2D eigenvalue weighted by molar-refractivity contribution is 7.98. The number of benzene rings is 1. The van der Waals surface area contributed by atoms with Gasteiger partial charge in [0.05, 0.1) is 5.75 Å². The third-order valence-corrected chi connectivity index (χ3v) is 4.89. The predicted octanol–water partition coefficient (Wildman–Crippen LogP) is 4.00. The molecular formula is C15H16N4S2. The summed E-state index contributed by atoms with van der Waals surface area (Å²) in [6.45, 7) is 2.18. The van der Waals surface area contributed by atoms with E-state index in [1.54, 1.807) is 11.3 Å². The maximum absolute atomic E-state index is 4.58. The Labute approximate surface area is 131 Å². The van der Waals surface area contributed by atoms with E-state index in [4.69, 9.17) is 0 Å². The summed E-state index contributed by atoms with van der Waals surface area (Å²) in [4.78, 5) is 0.856. The molecular weight excluding hydrogens is 300 g/mol. The van der Waals surface area contributed by atoms with E-state index in [9.17, 15) is 0 Å². The van der Waals surface area contributed by atoms with Gasteiger partial charge in [-0.3, -0.25) is 0 Å². The zero-order chi connectivity index (χ0) is 14.5. The molecule has 0 atom stereocenters. The van der Waals surface area contributed by atoms with Crippen LogP contribution >= 0.6 is 23.1 Å². The van der Waals surface area contributed by atoms with Crippen LogP contribution in [0.2, 0.25) is 0 Å². The van der Waals surface area contributed by atoms with Gasteiger partial charge in [-0.1, -0.05) is 54.7 Å². The fourth-order valence-electron chi connectivity index (χ4n) is 1.87. The summed E-state index contributed by atoms with van der Waals surface area (Å²) in [6.07, 6.45) is 5.27. The minimum atomic E-state index is 0.856. The van der Waals surface area contributed by atoms with Crippen molar-refractivity contribution < 1.29 is 0 Å². The molecule has 0 aliphatic heterocycles. The van der Waals surface area contributed by atoms with E-state index in [-0.39, 0.29) is 0 Å². The third-order valence-electron chi connectivity index (χ3n) is 2.87. The van der Waals surface area contributed by atoms with Crippen LogP contribution in [0.3, 0.4) is 0 Å². The molecule has 0 N–H and O–H groups in total. The highest BCUT2D eigenvalue weighted by Crippen LogP contribution is 2.19. The zero-order valence-electron chi connectivity index (χ0n) is 11.8. The lowest BCUT2D eigenvalue weighted by Gasteiger charge is -1.95. The molecule has 0 saturated carbocycles. The molecule has 3 rings (SSSR count). The molecule has 0 radical (unpaired) electrons. The molecule has 1 aromatic carbocycles. The van der Waals surface area contributed by atoms with Crippen molar-refractivity contribution in [2.75, 3.05) is 5.75 Å². The van der Waals surface area contributed by atoms with E-state index < -0.39 is 0 Å². The molecule has 0 aliphatic carbocycles. The Morgan fingerprint density at radius 1 is 1.19 bits per heavy atom. The molecule has 0 spiro atoms. The van der Waals surface area contributed by atoms with E-state index in [1.165, 1.54) is 12.0 Å². The van der Waals surface area contributed by atoms with E-state index >= 15 is 0 Å². The van der Waals surface area contributed by atoms with Crippen LogP contribution in [0, 0.1) is 0 Å². The Hall–Kier alpha value is -1.66. The van der Waals surface area contributed by atoms with Crippen molar-refractivity contribution >= 4 is 40.2 Å². The Morgan fingerprint density at radius 3 is 2.86 bits per heavy atom. The number of aromatic nitrogens is 4. The predicted molar refractivity (Wildman–Crippen MR) is 90.5 cm³/mol. The van der Waals surface area contributed by atoms with Crippen LogP contribution in [-0.4, -0.2) is 25.6 Å². The summed E-state index contributed by atoms with van der Waals surface area (Å²) < 4.78 is 1.86. The molecule has 0 bridgehead atoms. The van der Waals surface area contributed by atoms with Crippen LogP contribution in [0.5, 0.6) is 0 Å². The lowest BCUT2D eigenvalue weighted by molar-refractivity contribution is 0.879. The van der Waals surface area contributed by atoms with Crippen LogP contribution in [0.25, 0.3) is 17.1 Å². The Kier molecular flexibility index (Phi) is 4.67. The van der Waals surface area contributed by atoms with E-state index in [2.05, 4.69) is 40.4 Å².